The lowest BCUT2D eigenvalue weighted by molar-refractivity contribution is -0.143. The van der Waals surface area contributed by atoms with Crippen molar-refractivity contribution in [2.75, 3.05) is 6.61 Å². The molecule has 110 valence electrons. The van der Waals surface area contributed by atoms with Gasteiger partial charge in [-0.05, 0) is 37.1 Å². The standard InChI is InChI=1S/C13H14F2O5/c1-2-19-11(16)6-4-8-7-9(12(17)18)3-5-10(8)20-13(14)15/h3,5,7,13H,2,4,6H2,1H3,(H,17,18). The molecule has 0 bridgehead atoms. The van der Waals surface area contributed by atoms with Crippen molar-refractivity contribution in [3.63, 3.8) is 0 Å². The Bertz CT molecular complexity index is 488. The van der Waals surface area contributed by atoms with Crippen molar-refractivity contribution in [3.05, 3.63) is 29.3 Å². The molecule has 0 saturated carbocycles. The third-order valence-corrected chi connectivity index (χ3v) is 2.43. The van der Waals surface area contributed by atoms with Crippen LogP contribution in [0.4, 0.5) is 8.78 Å². The van der Waals surface area contributed by atoms with Gasteiger partial charge in [0.25, 0.3) is 0 Å². The fourth-order valence-electron chi connectivity index (χ4n) is 1.59. The van der Waals surface area contributed by atoms with Crippen LogP contribution in [0.25, 0.3) is 0 Å². The zero-order valence-electron chi connectivity index (χ0n) is 10.8. The maximum absolute atomic E-state index is 12.2. The normalized spacial score (nSPS) is 10.4. The van der Waals surface area contributed by atoms with Crippen LogP contribution in [0.5, 0.6) is 5.75 Å². The van der Waals surface area contributed by atoms with E-state index in [-0.39, 0.29) is 36.3 Å². The first-order valence-electron chi connectivity index (χ1n) is 5.90. The molecule has 0 heterocycles. The second-order valence-electron chi connectivity index (χ2n) is 3.81. The van der Waals surface area contributed by atoms with Crippen molar-refractivity contribution in [1.29, 1.82) is 0 Å². The Kier molecular flexibility index (Phi) is 5.89. The van der Waals surface area contributed by atoms with E-state index in [9.17, 15) is 18.4 Å². The van der Waals surface area contributed by atoms with E-state index in [1.807, 2.05) is 0 Å². The first kappa shape index (κ1) is 15.9. The van der Waals surface area contributed by atoms with Crippen molar-refractivity contribution in [3.8, 4) is 5.75 Å². The molecule has 0 saturated heterocycles. The summed E-state index contributed by atoms with van der Waals surface area (Å²) in [4.78, 5) is 22.1. The van der Waals surface area contributed by atoms with Gasteiger partial charge in [0.1, 0.15) is 5.75 Å². The lowest BCUT2D eigenvalue weighted by atomic mass is 10.1. The third-order valence-electron chi connectivity index (χ3n) is 2.43. The fourth-order valence-corrected chi connectivity index (χ4v) is 1.59. The Morgan fingerprint density at radius 3 is 2.60 bits per heavy atom. The van der Waals surface area contributed by atoms with E-state index in [1.165, 1.54) is 6.07 Å². The number of esters is 1. The number of hydrogen-bond donors (Lipinski definition) is 1. The number of aryl methyl sites for hydroxylation is 1. The van der Waals surface area contributed by atoms with E-state index >= 15 is 0 Å². The molecule has 5 nitrogen and oxygen atoms in total. The highest BCUT2D eigenvalue weighted by molar-refractivity contribution is 5.88. The molecule has 0 spiro atoms. The molecule has 1 aromatic carbocycles. The molecule has 20 heavy (non-hydrogen) atoms. The minimum absolute atomic E-state index is 0.0451. The average Bonchev–Trinajstić information content (AvgIpc) is 2.37. The molecule has 0 aromatic heterocycles. The highest BCUT2D eigenvalue weighted by atomic mass is 19.3. The van der Waals surface area contributed by atoms with Gasteiger partial charge in [-0.25, -0.2) is 4.79 Å². The number of hydrogen-bond acceptors (Lipinski definition) is 4. The number of rotatable bonds is 7. The quantitative estimate of drug-likeness (QED) is 0.780. The average molecular weight is 288 g/mol. The number of halogens is 2. The van der Waals surface area contributed by atoms with Crippen molar-refractivity contribution >= 4 is 11.9 Å². The number of carbonyl (C=O) groups excluding carboxylic acids is 1. The van der Waals surface area contributed by atoms with Gasteiger partial charge in [-0.3, -0.25) is 4.79 Å². The molecule has 1 rings (SSSR count). The summed E-state index contributed by atoms with van der Waals surface area (Å²) in [7, 11) is 0. The molecule has 7 heteroatoms. The summed E-state index contributed by atoms with van der Waals surface area (Å²) in [5, 5.41) is 8.86. The van der Waals surface area contributed by atoms with Crippen LogP contribution in [0, 0.1) is 0 Å². The number of benzene rings is 1. The van der Waals surface area contributed by atoms with Gasteiger partial charge in [0.05, 0.1) is 12.2 Å². The number of aromatic carboxylic acids is 1. The second kappa shape index (κ2) is 7.42. The smallest absolute Gasteiger partial charge is 0.387 e. The Morgan fingerprint density at radius 1 is 1.35 bits per heavy atom. The first-order valence-corrected chi connectivity index (χ1v) is 5.90. The molecule has 1 N–H and O–H groups in total. The second-order valence-corrected chi connectivity index (χ2v) is 3.81. The molecule has 0 radical (unpaired) electrons. The number of carbonyl (C=O) groups is 2. The summed E-state index contributed by atoms with van der Waals surface area (Å²) in [6, 6.07) is 3.52. The van der Waals surface area contributed by atoms with Crippen LogP contribution in [0.1, 0.15) is 29.3 Å². The van der Waals surface area contributed by atoms with Crippen LogP contribution in [-0.4, -0.2) is 30.3 Å². The van der Waals surface area contributed by atoms with Gasteiger partial charge < -0.3 is 14.6 Å². The van der Waals surface area contributed by atoms with Crippen LogP contribution in [0.2, 0.25) is 0 Å². The molecule has 1 aromatic rings. The zero-order chi connectivity index (χ0) is 15.1. The van der Waals surface area contributed by atoms with Gasteiger partial charge >= 0.3 is 18.6 Å². The molecular weight excluding hydrogens is 274 g/mol. The number of ether oxygens (including phenoxy) is 2. The van der Waals surface area contributed by atoms with Crippen molar-refractivity contribution in [1.82, 2.24) is 0 Å². The van der Waals surface area contributed by atoms with Gasteiger partial charge in [0.2, 0.25) is 0 Å². The summed E-state index contributed by atoms with van der Waals surface area (Å²) in [6.07, 6.45) is 0.0124. The number of alkyl halides is 2. The largest absolute Gasteiger partial charge is 0.478 e. The molecule has 0 unspecified atom stereocenters. The molecule has 0 aliphatic heterocycles. The summed E-state index contributed by atoms with van der Waals surface area (Å²) in [5.41, 5.74) is 0.156. The lowest BCUT2D eigenvalue weighted by Gasteiger charge is -2.11. The monoisotopic (exact) mass is 288 g/mol. The predicted molar refractivity (Wildman–Crippen MR) is 65.0 cm³/mol. The molecular formula is C13H14F2O5. The van der Waals surface area contributed by atoms with Crippen molar-refractivity contribution in [2.45, 2.75) is 26.4 Å². The summed E-state index contributed by atoms with van der Waals surface area (Å²) in [6.45, 7) is -1.16. The van der Waals surface area contributed by atoms with Crippen LogP contribution in [0.15, 0.2) is 18.2 Å². The fraction of sp³-hybridized carbons (Fsp3) is 0.385. The van der Waals surface area contributed by atoms with Crippen LogP contribution < -0.4 is 4.74 Å². The van der Waals surface area contributed by atoms with Gasteiger partial charge in [-0.15, -0.1) is 0 Å². The van der Waals surface area contributed by atoms with E-state index in [2.05, 4.69) is 4.74 Å². The summed E-state index contributed by atoms with van der Waals surface area (Å²) < 4.78 is 33.5. The predicted octanol–water partition coefficient (Wildman–Crippen LogP) is 2.48. The van der Waals surface area contributed by atoms with Crippen LogP contribution >= 0.6 is 0 Å². The van der Waals surface area contributed by atoms with E-state index < -0.39 is 18.6 Å². The van der Waals surface area contributed by atoms with Gasteiger partial charge in [-0.1, -0.05) is 0 Å². The number of carboxylic acids is 1. The minimum atomic E-state index is -3.02. The Labute approximate surface area is 114 Å². The summed E-state index contributed by atoms with van der Waals surface area (Å²) >= 11 is 0. The van der Waals surface area contributed by atoms with E-state index in [1.54, 1.807) is 6.92 Å². The summed E-state index contributed by atoms with van der Waals surface area (Å²) in [5.74, 6) is -1.82. The zero-order valence-corrected chi connectivity index (χ0v) is 10.8. The Balaban J connectivity index is 2.90. The first-order chi connectivity index (χ1) is 9.43. The van der Waals surface area contributed by atoms with E-state index in [4.69, 9.17) is 9.84 Å². The van der Waals surface area contributed by atoms with Crippen molar-refractivity contribution < 1.29 is 33.0 Å². The highest BCUT2D eigenvalue weighted by Crippen LogP contribution is 2.24. The van der Waals surface area contributed by atoms with E-state index in [0.717, 1.165) is 12.1 Å². The topological polar surface area (TPSA) is 72.8 Å². The molecule has 0 atom stereocenters. The maximum Gasteiger partial charge on any atom is 0.387 e. The lowest BCUT2D eigenvalue weighted by Crippen LogP contribution is -2.09. The minimum Gasteiger partial charge on any atom is -0.478 e. The van der Waals surface area contributed by atoms with Gasteiger partial charge in [0.15, 0.2) is 0 Å². The molecule has 0 amide bonds. The Hall–Kier alpha value is -2.18. The Morgan fingerprint density at radius 2 is 2.05 bits per heavy atom. The highest BCUT2D eigenvalue weighted by Gasteiger charge is 2.14. The maximum atomic E-state index is 12.2. The van der Waals surface area contributed by atoms with Crippen LogP contribution in [0.3, 0.4) is 0 Å². The van der Waals surface area contributed by atoms with Crippen LogP contribution in [-0.2, 0) is 16.0 Å². The molecule has 0 aliphatic rings. The third kappa shape index (κ3) is 4.83. The molecule has 0 aliphatic carbocycles. The number of carboxylic acid groups (broad SMARTS) is 1. The van der Waals surface area contributed by atoms with E-state index in [0.29, 0.717) is 0 Å². The van der Waals surface area contributed by atoms with Gasteiger partial charge in [-0.2, -0.15) is 8.78 Å². The SMILES string of the molecule is CCOC(=O)CCc1cc(C(=O)O)ccc1OC(F)F. The van der Waals surface area contributed by atoms with Gasteiger partial charge in [0, 0.05) is 6.42 Å². The van der Waals surface area contributed by atoms with Crippen molar-refractivity contribution in [2.24, 2.45) is 0 Å². The molecule has 0 fully saturated rings.